The standard InChI is InChI=1S/C14H16BrFN4O/c15-9-6-12-11(7-10(9)16)18-14(17)20(12)8-13(21)19-4-2-1-3-5-19/h6-7H,1-5,8H2,(H2,17,18). The highest BCUT2D eigenvalue weighted by atomic mass is 79.9. The zero-order chi connectivity index (χ0) is 15.0. The fraction of sp³-hybridized carbons (Fsp3) is 0.429. The molecule has 21 heavy (non-hydrogen) atoms. The summed E-state index contributed by atoms with van der Waals surface area (Å²) >= 11 is 3.15. The average molecular weight is 355 g/mol. The predicted molar refractivity (Wildman–Crippen MR) is 82.2 cm³/mol. The summed E-state index contributed by atoms with van der Waals surface area (Å²) in [6.45, 7) is 1.73. The second-order valence-corrected chi connectivity index (χ2v) is 6.11. The summed E-state index contributed by atoms with van der Waals surface area (Å²) in [5.74, 6) is -0.136. The highest BCUT2D eigenvalue weighted by Gasteiger charge is 2.19. The lowest BCUT2D eigenvalue weighted by molar-refractivity contribution is -0.132. The van der Waals surface area contributed by atoms with E-state index < -0.39 is 5.82 Å². The fourth-order valence-corrected chi connectivity index (χ4v) is 3.01. The smallest absolute Gasteiger partial charge is 0.242 e. The van der Waals surface area contributed by atoms with Gasteiger partial charge in [-0.3, -0.25) is 4.79 Å². The molecule has 0 unspecified atom stereocenters. The largest absolute Gasteiger partial charge is 0.369 e. The lowest BCUT2D eigenvalue weighted by Gasteiger charge is -2.27. The van der Waals surface area contributed by atoms with E-state index in [0.29, 0.717) is 15.5 Å². The minimum Gasteiger partial charge on any atom is -0.369 e. The third-order valence-corrected chi connectivity index (χ3v) is 4.43. The van der Waals surface area contributed by atoms with E-state index >= 15 is 0 Å². The molecule has 0 saturated carbocycles. The molecule has 2 N–H and O–H groups in total. The number of carbonyl (C=O) groups is 1. The van der Waals surface area contributed by atoms with Gasteiger partial charge in [-0.15, -0.1) is 0 Å². The second kappa shape index (κ2) is 5.63. The number of nitrogens with two attached hydrogens (primary N) is 1. The molecule has 1 fully saturated rings. The Morgan fingerprint density at radius 3 is 2.76 bits per heavy atom. The van der Waals surface area contributed by atoms with Gasteiger partial charge in [0.1, 0.15) is 12.4 Å². The maximum atomic E-state index is 13.5. The summed E-state index contributed by atoms with van der Waals surface area (Å²) in [7, 11) is 0. The number of hydrogen-bond donors (Lipinski definition) is 1. The molecule has 2 aromatic rings. The molecule has 112 valence electrons. The van der Waals surface area contributed by atoms with Crippen LogP contribution in [-0.4, -0.2) is 33.4 Å². The van der Waals surface area contributed by atoms with Crippen molar-refractivity contribution in [1.82, 2.24) is 14.5 Å². The number of aromatic nitrogens is 2. The average Bonchev–Trinajstić information content (AvgIpc) is 2.76. The Balaban J connectivity index is 1.91. The van der Waals surface area contributed by atoms with E-state index in [1.165, 1.54) is 12.5 Å². The minimum atomic E-state index is -0.394. The molecule has 3 rings (SSSR count). The number of nitrogens with zero attached hydrogens (tertiary/aromatic N) is 3. The Morgan fingerprint density at radius 2 is 2.05 bits per heavy atom. The third-order valence-electron chi connectivity index (χ3n) is 3.82. The highest BCUT2D eigenvalue weighted by Crippen LogP contribution is 2.25. The lowest BCUT2D eigenvalue weighted by Crippen LogP contribution is -2.37. The van der Waals surface area contributed by atoms with Crippen LogP contribution in [0.3, 0.4) is 0 Å². The van der Waals surface area contributed by atoms with E-state index in [2.05, 4.69) is 20.9 Å². The Kier molecular flexibility index (Phi) is 3.84. The molecule has 1 aromatic heterocycles. The third kappa shape index (κ3) is 2.74. The number of halogens is 2. The van der Waals surface area contributed by atoms with Crippen LogP contribution in [0, 0.1) is 5.82 Å². The van der Waals surface area contributed by atoms with E-state index in [-0.39, 0.29) is 18.4 Å². The monoisotopic (exact) mass is 354 g/mol. The van der Waals surface area contributed by atoms with Gasteiger partial charge >= 0.3 is 0 Å². The van der Waals surface area contributed by atoms with Crippen molar-refractivity contribution in [1.29, 1.82) is 0 Å². The molecular weight excluding hydrogens is 339 g/mol. The SMILES string of the molecule is Nc1nc2cc(F)c(Br)cc2n1CC(=O)N1CCCCC1. The molecule has 5 nitrogen and oxygen atoms in total. The second-order valence-electron chi connectivity index (χ2n) is 5.25. The van der Waals surface area contributed by atoms with Crippen LogP contribution in [0.5, 0.6) is 0 Å². The molecule has 1 aliphatic heterocycles. The predicted octanol–water partition coefficient (Wildman–Crippen LogP) is 2.53. The molecule has 0 bridgehead atoms. The summed E-state index contributed by atoms with van der Waals surface area (Å²) < 4.78 is 15.5. The van der Waals surface area contributed by atoms with Crippen molar-refractivity contribution in [3.63, 3.8) is 0 Å². The van der Waals surface area contributed by atoms with Gasteiger partial charge in [0.25, 0.3) is 0 Å². The van der Waals surface area contributed by atoms with E-state index in [4.69, 9.17) is 5.73 Å². The maximum absolute atomic E-state index is 13.5. The first-order valence-electron chi connectivity index (χ1n) is 6.95. The molecule has 1 aromatic carbocycles. The van der Waals surface area contributed by atoms with Crippen molar-refractivity contribution in [2.24, 2.45) is 0 Å². The van der Waals surface area contributed by atoms with Crippen LogP contribution in [0.15, 0.2) is 16.6 Å². The van der Waals surface area contributed by atoms with Crippen LogP contribution in [-0.2, 0) is 11.3 Å². The van der Waals surface area contributed by atoms with Gasteiger partial charge in [0.15, 0.2) is 0 Å². The van der Waals surface area contributed by atoms with E-state index in [1.54, 1.807) is 10.6 Å². The van der Waals surface area contributed by atoms with Gasteiger partial charge in [0, 0.05) is 19.2 Å². The van der Waals surface area contributed by atoms with Crippen molar-refractivity contribution in [3.05, 3.63) is 22.4 Å². The van der Waals surface area contributed by atoms with E-state index in [0.717, 1.165) is 25.9 Å². The van der Waals surface area contributed by atoms with Gasteiger partial charge in [-0.05, 0) is 41.3 Å². The number of carbonyl (C=O) groups excluding carboxylic acids is 1. The summed E-state index contributed by atoms with van der Waals surface area (Å²) in [5.41, 5.74) is 6.99. The van der Waals surface area contributed by atoms with Gasteiger partial charge in [-0.25, -0.2) is 9.37 Å². The number of amides is 1. The lowest BCUT2D eigenvalue weighted by atomic mass is 10.1. The Labute approximate surface area is 130 Å². The molecule has 1 aliphatic rings. The molecule has 1 amide bonds. The van der Waals surface area contributed by atoms with Gasteiger partial charge in [0.2, 0.25) is 11.9 Å². The number of fused-ring (bicyclic) bond motifs is 1. The number of rotatable bonds is 2. The van der Waals surface area contributed by atoms with Crippen molar-refractivity contribution in [2.45, 2.75) is 25.8 Å². The van der Waals surface area contributed by atoms with Crippen LogP contribution in [0.1, 0.15) is 19.3 Å². The molecule has 0 aliphatic carbocycles. The van der Waals surface area contributed by atoms with Crippen molar-refractivity contribution in [3.8, 4) is 0 Å². The Bertz CT molecular complexity index is 694. The fourth-order valence-electron chi connectivity index (χ4n) is 2.68. The topological polar surface area (TPSA) is 64.1 Å². The quantitative estimate of drug-likeness (QED) is 0.901. The van der Waals surface area contributed by atoms with Crippen molar-refractivity contribution >= 4 is 38.8 Å². The molecule has 1 saturated heterocycles. The van der Waals surface area contributed by atoms with E-state index in [1.807, 2.05) is 4.90 Å². The number of piperidine rings is 1. The van der Waals surface area contributed by atoms with Crippen LogP contribution in [0.25, 0.3) is 11.0 Å². The molecule has 7 heteroatoms. The van der Waals surface area contributed by atoms with E-state index in [9.17, 15) is 9.18 Å². The van der Waals surface area contributed by atoms with Gasteiger partial charge in [-0.1, -0.05) is 0 Å². The summed E-state index contributed by atoms with van der Waals surface area (Å²) in [5, 5.41) is 0. The first kappa shape index (κ1) is 14.3. The minimum absolute atomic E-state index is 0.0288. The van der Waals surface area contributed by atoms with Crippen LogP contribution in [0.4, 0.5) is 10.3 Å². The van der Waals surface area contributed by atoms with Crippen molar-refractivity contribution < 1.29 is 9.18 Å². The van der Waals surface area contributed by atoms with Gasteiger partial charge in [0.05, 0.1) is 15.5 Å². The normalized spacial score (nSPS) is 15.6. The number of imidazole rings is 1. The first-order chi connectivity index (χ1) is 10.1. The number of nitrogen functional groups attached to an aromatic ring is 1. The zero-order valence-corrected chi connectivity index (χ0v) is 13.1. The number of anilines is 1. The Hall–Kier alpha value is -1.63. The summed E-state index contributed by atoms with van der Waals surface area (Å²) in [4.78, 5) is 18.3. The zero-order valence-electron chi connectivity index (χ0n) is 11.5. The molecule has 0 atom stereocenters. The molecule has 0 radical (unpaired) electrons. The highest BCUT2D eigenvalue weighted by molar-refractivity contribution is 9.10. The van der Waals surface area contributed by atoms with Crippen molar-refractivity contribution in [2.75, 3.05) is 18.8 Å². The first-order valence-corrected chi connectivity index (χ1v) is 7.74. The number of likely N-dealkylation sites (tertiary alicyclic amines) is 1. The summed E-state index contributed by atoms with van der Waals surface area (Å²) in [6.07, 6.45) is 3.26. The summed E-state index contributed by atoms with van der Waals surface area (Å²) in [6, 6.07) is 2.93. The van der Waals surface area contributed by atoms with Crippen LogP contribution < -0.4 is 5.73 Å². The maximum Gasteiger partial charge on any atom is 0.242 e. The Morgan fingerprint density at radius 1 is 1.33 bits per heavy atom. The number of benzene rings is 1. The number of hydrogen-bond acceptors (Lipinski definition) is 3. The molecule has 2 heterocycles. The van der Waals surface area contributed by atoms with Gasteiger partial charge < -0.3 is 15.2 Å². The van der Waals surface area contributed by atoms with Gasteiger partial charge in [-0.2, -0.15) is 0 Å². The molecule has 0 spiro atoms. The van der Waals surface area contributed by atoms with Crippen LogP contribution in [0.2, 0.25) is 0 Å². The molecular formula is C14H16BrFN4O. The van der Waals surface area contributed by atoms with Crippen LogP contribution >= 0.6 is 15.9 Å².